The molecule has 3 rings (SSSR count). The van der Waals surface area contributed by atoms with Crippen molar-refractivity contribution in [1.82, 2.24) is 14.3 Å². The Labute approximate surface area is 159 Å². The zero-order chi connectivity index (χ0) is 19.9. The Balaban J connectivity index is 2.09. The second-order valence-corrected chi connectivity index (χ2v) is 6.14. The van der Waals surface area contributed by atoms with Gasteiger partial charge >= 0.3 is 6.18 Å². The van der Waals surface area contributed by atoms with Crippen LogP contribution >= 0.6 is 23.2 Å². The summed E-state index contributed by atoms with van der Waals surface area (Å²) >= 11 is 11.6. The normalized spacial score (nSPS) is 11.6. The molecule has 27 heavy (non-hydrogen) atoms. The number of carbonyl (C=O) groups is 1. The molecule has 3 aromatic rings. The Morgan fingerprint density at radius 3 is 2.22 bits per heavy atom. The molecular weight excluding hydrogens is 408 g/mol. The van der Waals surface area contributed by atoms with E-state index in [0.29, 0.717) is 10.4 Å². The summed E-state index contributed by atoms with van der Waals surface area (Å²) in [6.45, 7) is 0. The van der Waals surface area contributed by atoms with Crippen molar-refractivity contribution in [2.45, 2.75) is 6.18 Å². The molecule has 0 spiro atoms. The van der Waals surface area contributed by atoms with Crippen LogP contribution in [0.5, 0.6) is 0 Å². The molecule has 0 fully saturated rings. The van der Waals surface area contributed by atoms with E-state index in [4.69, 9.17) is 28.9 Å². The first kappa shape index (κ1) is 19.0. The van der Waals surface area contributed by atoms with Crippen LogP contribution < -0.4 is 11.3 Å². The third-order valence-electron chi connectivity index (χ3n) is 3.66. The predicted octanol–water partition coefficient (Wildman–Crippen LogP) is 3.45. The number of rotatable bonds is 3. The maximum atomic E-state index is 13.3. The molecule has 0 unspecified atom stereocenters. The number of aromatic nitrogens is 3. The lowest BCUT2D eigenvalue weighted by Crippen LogP contribution is -2.21. The third kappa shape index (κ3) is 3.43. The van der Waals surface area contributed by atoms with Gasteiger partial charge in [-0.3, -0.25) is 14.2 Å². The van der Waals surface area contributed by atoms with Crippen molar-refractivity contribution in [2.24, 2.45) is 5.73 Å². The molecule has 0 atom stereocenters. The number of hydrogen-bond acceptors (Lipinski definition) is 3. The van der Waals surface area contributed by atoms with Crippen LogP contribution in [0.25, 0.3) is 11.4 Å². The van der Waals surface area contributed by atoms with Crippen LogP contribution in [-0.4, -0.2) is 20.3 Å². The van der Waals surface area contributed by atoms with Gasteiger partial charge in [0.25, 0.3) is 11.5 Å². The lowest BCUT2D eigenvalue weighted by Gasteiger charge is -2.13. The molecule has 0 aliphatic heterocycles. The number of halogens is 5. The zero-order valence-corrected chi connectivity index (χ0v) is 14.7. The quantitative estimate of drug-likeness (QED) is 0.709. The molecule has 2 aromatic heterocycles. The number of hydrogen-bond donors (Lipinski definition) is 1. The van der Waals surface area contributed by atoms with E-state index in [1.54, 1.807) is 0 Å². The van der Waals surface area contributed by atoms with Crippen LogP contribution in [0.1, 0.15) is 16.1 Å². The summed E-state index contributed by atoms with van der Waals surface area (Å²) in [6, 6.07) is 6.81. The topological polar surface area (TPSA) is 82.9 Å². The van der Waals surface area contributed by atoms with Crippen molar-refractivity contribution in [3.8, 4) is 11.4 Å². The van der Waals surface area contributed by atoms with Crippen LogP contribution in [0.3, 0.4) is 0 Å². The van der Waals surface area contributed by atoms with Crippen molar-refractivity contribution in [3.63, 3.8) is 0 Å². The summed E-state index contributed by atoms with van der Waals surface area (Å²) in [7, 11) is 0. The maximum Gasteiger partial charge on any atom is 0.434 e. The van der Waals surface area contributed by atoms with E-state index >= 15 is 0 Å². The fraction of sp³-hybridized carbons (Fsp3) is 0.0625. The molecule has 6 nitrogen and oxygen atoms in total. The van der Waals surface area contributed by atoms with E-state index < -0.39 is 28.9 Å². The molecule has 0 aliphatic carbocycles. The van der Waals surface area contributed by atoms with Gasteiger partial charge in [-0.1, -0.05) is 23.2 Å². The van der Waals surface area contributed by atoms with Crippen LogP contribution in [0.2, 0.25) is 10.0 Å². The second kappa shape index (κ2) is 6.75. The Bertz CT molecular complexity index is 1090. The maximum absolute atomic E-state index is 13.3. The Morgan fingerprint density at radius 2 is 1.67 bits per heavy atom. The van der Waals surface area contributed by atoms with Crippen molar-refractivity contribution in [1.29, 1.82) is 0 Å². The minimum absolute atomic E-state index is 0.0201. The molecule has 2 heterocycles. The van der Waals surface area contributed by atoms with Crippen LogP contribution in [0.15, 0.2) is 47.5 Å². The second-order valence-electron chi connectivity index (χ2n) is 5.35. The number of nitrogens with two attached hydrogens (primary N) is 1. The number of nitrogens with zero attached hydrogens (tertiary/aromatic N) is 3. The highest BCUT2D eigenvalue weighted by molar-refractivity contribution is 6.41. The van der Waals surface area contributed by atoms with Gasteiger partial charge in [-0.2, -0.15) is 18.3 Å². The molecule has 1 aromatic carbocycles. The van der Waals surface area contributed by atoms with Gasteiger partial charge in [0.2, 0.25) is 0 Å². The summed E-state index contributed by atoms with van der Waals surface area (Å²) in [5.41, 5.74) is 2.75. The van der Waals surface area contributed by atoms with Gasteiger partial charge in [0.1, 0.15) is 5.02 Å². The molecule has 1 amide bonds. The Kier molecular flexibility index (Phi) is 4.75. The van der Waals surface area contributed by atoms with Crippen LogP contribution in [-0.2, 0) is 6.18 Å². The molecule has 0 radical (unpaired) electrons. The highest BCUT2D eigenvalue weighted by Gasteiger charge is 2.40. The number of pyridine rings is 1. The SMILES string of the molecule is NC(=O)c1cnn(-c2ccc(-n3ccc(Cl)c(Cl)c3=O)cc2)c1C(F)(F)F. The van der Waals surface area contributed by atoms with Gasteiger partial charge in [-0.05, 0) is 30.3 Å². The fourth-order valence-corrected chi connectivity index (χ4v) is 2.74. The number of benzene rings is 1. The highest BCUT2D eigenvalue weighted by atomic mass is 35.5. The smallest absolute Gasteiger partial charge is 0.365 e. The molecule has 0 aliphatic rings. The van der Waals surface area contributed by atoms with Crippen molar-refractivity contribution in [2.75, 3.05) is 0 Å². The summed E-state index contributed by atoms with van der Waals surface area (Å²) in [5.74, 6) is -1.24. The minimum Gasteiger partial charge on any atom is -0.365 e. The third-order valence-corrected chi connectivity index (χ3v) is 4.44. The molecule has 0 bridgehead atoms. The van der Waals surface area contributed by atoms with E-state index in [9.17, 15) is 22.8 Å². The standard InChI is InChI=1S/C16H9Cl2F3N4O2/c17-11-5-6-24(15(27)12(11)18)8-1-3-9(4-2-8)25-13(16(19,20)21)10(7-23-25)14(22)26/h1-7H,(H2,22,26). The Hall–Kier alpha value is -2.78. The van der Waals surface area contributed by atoms with Gasteiger partial charge in [0, 0.05) is 11.9 Å². The summed E-state index contributed by atoms with van der Waals surface area (Å²) in [4.78, 5) is 23.4. The van der Waals surface area contributed by atoms with Gasteiger partial charge in [0.15, 0.2) is 5.69 Å². The lowest BCUT2D eigenvalue weighted by molar-refractivity contribution is -0.143. The van der Waals surface area contributed by atoms with Gasteiger partial charge < -0.3 is 5.73 Å². The minimum atomic E-state index is -4.85. The van der Waals surface area contributed by atoms with E-state index in [1.807, 2.05) is 0 Å². The monoisotopic (exact) mass is 416 g/mol. The summed E-state index contributed by atoms with van der Waals surface area (Å²) in [6.07, 6.45) is -2.71. The molecule has 0 saturated carbocycles. The molecule has 2 N–H and O–H groups in total. The van der Waals surface area contributed by atoms with Crippen LogP contribution in [0, 0.1) is 0 Å². The van der Waals surface area contributed by atoms with Crippen molar-refractivity contribution >= 4 is 29.1 Å². The number of carbonyl (C=O) groups excluding carboxylic acids is 1. The first-order valence-corrected chi connectivity index (χ1v) is 7.99. The average molecular weight is 417 g/mol. The van der Waals surface area contributed by atoms with Crippen LogP contribution in [0.4, 0.5) is 13.2 Å². The van der Waals surface area contributed by atoms with E-state index in [1.165, 1.54) is 41.1 Å². The van der Waals surface area contributed by atoms with Gasteiger partial charge in [-0.15, -0.1) is 0 Å². The lowest BCUT2D eigenvalue weighted by atomic mass is 10.2. The van der Waals surface area contributed by atoms with E-state index in [0.717, 1.165) is 6.20 Å². The molecule has 0 saturated heterocycles. The van der Waals surface area contributed by atoms with E-state index in [-0.39, 0.29) is 15.7 Å². The van der Waals surface area contributed by atoms with Crippen molar-refractivity contribution < 1.29 is 18.0 Å². The van der Waals surface area contributed by atoms with E-state index in [2.05, 4.69) is 5.10 Å². The molecule has 140 valence electrons. The number of amides is 1. The largest absolute Gasteiger partial charge is 0.434 e. The van der Waals surface area contributed by atoms with Gasteiger partial charge in [0.05, 0.1) is 22.5 Å². The number of primary amides is 1. The number of alkyl halides is 3. The molecule has 11 heteroatoms. The average Bonchev–Trinajstić information content (AvgIpc) is 3.06. The summed E-state index contributed by atoms with van der Waals surface area (Å²) in [5, 5.41) is 3.51. The predicted molar refractivity (Wildman–Crippen MR) is 92.7 cm³/mol. The zero-order valence-electron chi connectivity index (χ0n) is 13.2. The first-order chi connectivity index (χ1) is 12.6. The first-order valence-electron chi connectivity index (χ1n) is 7.23. The fourth-order valence-electron chi connectivity index (χ4n) is 2.44. The Morgan fingerprint density at radius 1 is 1.07 bits per heavy atom. The highest BCUT2D eigenvalue weighted by Crippen LogP contribution is 2.33. The van der Waals surface area contributed by atoms with Gasteiger partial charge in [-0.25, -0.2) is 4.68 Å². The molecular formula is C16H9Cl2F3N4O2. The summed E-state index contributed by atoms with van der Waals surface area (Å²) < 4.78 is 41.7. The van der Waals surface area contributed by atoms with Crippen molar-refractivity contribution in [3.05, 3.63) is 74.4 Å².